The number of anilines is 1. The minimum absolute atomic E-state index is 0. The van der Waals surface area contributed by atoms with Crippen molar-refractivity contribution >= 4 is 5.69 Å². The number of β-amino-alcohol motifs (C(OH)–C–C–N with tert-alkyl or cyclic N) is 1. The highest BCUT2D eigenvalue weighted by atomic mass is 19.4. The van der Waals surface area contributed by atoms with Gasteiger partial charge in [0.2, 0.25) is 0 Å². The van der Waals surface area contributed by atoms with Gasteiger partial charge in [-0.05, 0) is 41.5 Å². The van der Waals surface area contributed by atoms with Crippen molar-refractivity contribution in [3.05, 3.63) is 66.2 Å². The minimum Gasteiger partial charge on any atom is -0.488 e. The average molecular weight is 579 g/mol. The van der Waals surface area contributed by atoms with Crippen LogP contribution in [0.25, 0.3) is 11.1 Å². The first-order valence-electron chi connectivity index (χ1n) is 11.2. The number of para-hydroxylation sites is 1. The Morgan fingerprint density at radius 1 is 0.950 bits per heavy atom. The second kappa shape index (κ2) is 10.2. The summed E-state index contributed by atoms with van der Waals surface area (Å²) >= 11 is 0. The average Bonchev–Trinajstić information content (AvgIpc) is 3.15. The van der Waals surface area contributed by atoms with Gasteiger partial charge in [0.05, 0.1) is 18.3 Å². The van der Waals surface area contributed by atoms with Crippen molar-refractivity contribution in [2.45, 2.75) is 38.4 Å². The number of alkyl halides is 8. The normalized spacial score (nSPS) is 18.3. The molecule has 1 N–H and O–H groups in total. The summed E-state index contributed by atoms with van der Waals surface area (Å²) in [5.41, 5.74) is 0.766. The Hall–Kier alpha value is -3.94. The third-order valence-electron chi connectivity index (χ3n) is 6.00. The van der Waals surface area contributed by atoms with Crippen LogP contribution in [0.3, 0.4) is 0 Å². The molecule has 0 saturated heterocycles. The van der Waals surface area contributed by atoms with Crippen LogP contribution in [0.15, 0.2) is 60.7 Å². The van der Waals surface area contributed by atoms with E-state index in [0.717, 1.165) is 12.1 Å². The lowest BCUT2D eigenvalue weighted by Crippen LogP contribution is -2.46. The van der Waals surface area contributed by atoms with E-state index >= 15 is 0 Å². The van der Waals surface area contributed by atoms with Crippen LogP contribution in [0.5, 0.6) is 23.0 Å². The maximum absolute atomic E-state index is 13.5. The Labute approximate surface area is 222 Å². The molecule has 2 heterocycles. The highest BCUT2D eigenvalue weighted by Crippen LogP contribution is 2.48. The van der Waals surface area contributed by atoms with Gasteiger partial charge >= 0.3 is 18.8 Å². The van der Waals surface area contributed by atoms with Crippen LogP contribution in [-0.4, -0.2) is 43.2 Å². The maximum atomic E-state index is 13.5. The molecule has 0 aliphatic carbocycles. The summed E-state index contributed by atoms with van der Waals surface area (Å²) in [6.45, 7) is -1.26. The molecule has 2 unspecified atom stereocenters. The molecule has 0 aromatic heterocycles. The van der Waals surface area contributed by atoms with Crippen LogP contribution in [0.1, 0.15) is 19.0 Å². The van der Waals surface area contributed by atoms with E-state index in [0.29, 0.717) is 0 Å². The Morgan fingerprint density at radius 2 is 1.65 bits per heavy atom. The quantitative estimate of drug-likeness (QED) is 0.327. The summed E-state index contributed by atoms with van der Waals surface area (Å²) in [7, 11) is 0. The molecule has 14 heteroatoms. The molecule has 2 atom stereocenters. The van der Waals surface area contributed by atoms with E-state index in [1.54, 1.807) is 0 Å². The van der Waals surface area contributed by atoms with Gasteiger partial charge in [0.1, 0.15) is 12.4 Å². The summed E-state index contributed by atoms with van der Waals surface area (Å²) in [6.07, 6.45) is -16.6. The molecule has 0 radical (unpaired) electrons. The smallest absolute Gasteiger partial charge is 0.488 e. The van der Waals surface area contributed by atoms with E-state index in [1.807, 2.05) is 0 Å². The summed E-state index contributed by atoms with van der Waals surface area (Å²) in [5.74, 6) is -1.09. The first kappa shape index (κ1) is 29.1. The molecule has 40 heavy (non-hydrogen) atoms. The zero-order valence-electron chi connectivity index (χ0n) is 19.4. The van der Waals surface area contributed by atoms with Crippen molar-refractivity contribution in [1.82, 2.24) is 0 Å². The van der Waals surface area contributed by atoms with Gasteiger partial charge in [-0.1, -0.05) is 37.8 Å². The molecule has 0 fully saturated rings. The first-order valence-corrected chi connectivity index (χ1v) is 11.2. The lowest BCUT2D eigenvalue weighted by Gasteiger charge is -2.40. The molecule has 2 aliphatic rings. The van der Waals surface area contributed by atoms with E-state index < -0.39 is 43.3 Å². The second-order valence-electron chi connectivity index (χ2n) is 8.64. The number of benzene rings is 3. The predicted molar refractivity (Wildman–Crippen MR) is 126 cm³/mol. The maximum Gasteiger partial charge on any atom is 0.586 e. The molecule has 0 spiro atoms. The van der Waals surface area contributed by atoms with Gasteiger partial charge in [-0.3, -0.25) is 0 Å². The van der Waals surface area contributed by atoms with E-state index in [-0.39, 0.29) is 53.7 Å². The van der Waals surface area contributed by atoms with Gasteiger partial charge in [0, 0.05) is 5.56 Å². The van der Waals surface area contributed by atoms with Gasteiger partial charge in [-0.15, -0.1) is 22.0 Å². The molecule has 3 aromatic rings. The van der Waals surface area contributed by atoms with Gasteiger partial charge < -0.3 is 29.0 Å². The number of ether oxygens (including phenoxy) is 4. The van der Waals surface area contributed by atoms with Crippen LogP contribution < -0.4 is 23.8 Å². The summed E-state index contributed by atoms with van der Waals surface area (Å²) in [5, 5.41) is 9.91. The zero-order chi connectivity index (χ0) is 28.2. The summed E-state index contributed by atoms with van der Waals surface area (Å²) < 4.78 is 124. The molecular weight excluding hydrogens is 558 g/mol. The fourth-order valence-electron chi connectivity index (χ4n) is 4.38. The SMILES string of the molecule is C.OC(CN1c2cccc(-c3cccc(OC(F)(F)F)c3)c2OCC1c1ccc2c(c1)OC(F)(F)O2)C(F)(F)F. The zero-order valence-corrected chi connectivity index (χ0v) is 19.4. The van der Waals surface area contributed by atoms with Gasteiger partial charge in [0.15, 0.2) is 23.4 Å². The van der Waals surface area contributed by atoms with Crippen molar-refractivity contribution in [2.75, 3.05) is 18.1 Å². The minimum atomic E-state index is -4.99. The lowest BCUT2D eigenvalue weighted by atomic mass is 9.98. The van der Waals surface area contributed by atoms with E-state index in [1.165, 1.54) is 53.4 Å². The molecule has 2 aliphatic heterocycles. The van der Waals surface area contributed by atoms with Gasteiger partial charge in [0.25, 0.3) is 0 Å². The van der Waals surface area contributed by atoms with Crippen LogP contribution >= 0.6 is 0 Å². The third kappa shape index (κ3) is 5.96. The highest BCUT2D eigenvalue weighted by Gasteiger charge is 2.45. The molecule has 0 amide bonds. The van der Waals surface area contributed by atoms with E-state index in [2.05, 4.69) is 14.2 Å². The Balaban J connectivity index is 0.00000370. The molecule has 0 saturated carbocycles. The van der Waals surface area contributed by atoms with Crippen molar-refractivity contribution in [3.8, 4) is 34.1 Å². The highest BCUT2D eigenvalue weighted by molar-refractivity contribution is 5.80. The molecule has 3 aromatic carbocycles. The van der Waals surface area contributed by atoms with Crippen LogP contribution in [0.4, 0.5) is 40.8 Å². The second-order valence-corrected chi connectivity index (χ2v) is 8.64. The van der Waals surface area contributed by atoms with Gasteiger partial charge in [-0.2, -0.15) is 13.2 Å². The fourth-order valence-corrected chi connectivity index (χ4v) is 4.38. The summed E-state index contributed by atoms with van der Waals surface area (Å²) in [6, 6.07) is 12.0. The number of fused-ring (bicyclic) bond motifs is 2. The van der Waals surface area contributed by atoms with Crippen molar-refractivity contribution in [3.63, 3.8) is 0 Å². The number of halogens is 8. The number of hydrogen-bond acceptors (Lipinski definition) is 6. The largest absolute Gasteiger partial charge is 0.586 e. The monoisotopic (exact) mass is 579 g/mol. The first-order chi connectivity index (χ1) is 18.2. The molecule has 0 bridgehead atoms. The number of aliphatic hydroxyl groups excluding tert-OH is 1. The number of rotatable bonds is 5. The third-order valence-corrected chi connectivity index (χ3v) is 6.00. The predicted octanol–water partition coefficient (Wildman–Crippen LogP) is 7.07. The lowest BCUT2D eigenvalue weighted by molar-refractivity contribution is -0.286. The van der Waals surface area contributed by atoms with Crippen molar-refractivity contribution < 1.29 is 59.2 Å². The number of nitrogens with zero attached hydrogens (tertiary/aromatic N) is 1. The van der Waals surface area contributed by atoms with Crippen LogP contribution in [0.2, 0.25) is 0 Å². The summed E-state index contributed by atoms with van der Waals surface area (Å²) in [4.78, 5) is 1.19. The topological polar surface area (TPSA) is 60.4 Å². The number of hydrogen-bond donors (Lipinski definition) is 1. The Morgan fingerprint density at radius 3 is 2.35 bits per heavy atom. The number of aliphatic hydroxyl groups is 1. The Bertz CT molecular complexity index is 1380. The molecule has 6 nitrogen and oxygen atoms in total. The van der Waals surface area contributed by atoms with Crippen LogP contribution in [-0.2, 0) is 0 Å². The van der Waals surface area contributed by atoms with Gasteiger partial charge in [-0.25, -0.2) is 0 Å². The van der Waals surface area contributed by atoms with Crippen molar-refractivity contribution in [2.24, 2.45) is 0 Å². The molecule has 5 rings (SSSR count). The Kier molecular flexibility index (Phi) is 7.43. The molecular formula is C26H21F8NO5. The standard InChI is InChI=1S/C25H17F8NO5.CH4/c26-23(27,28)21(35)11-34-17-6-2-5-16(13-3-1-4-15(9-13)37-24(29,30)31)22(17)36-12-18(34)14-7-8-19-20(10-14)39-25(32,33)38-19;/h1-10,18,21,35H,11-12H2;1H4. The molecule has 216 valence electrons. The van der Waals surface area contributed by atoms with E-state index in [9.17, 15) is 40.2 Å². The van der Waals surface area contributed by atoms with Crippen LogP contribution in [0, 0.1) is 0 Å². The van der Waals surface area contributed by atoms with E-state index in [4.69, 9.17) is 4.74 Å². The fraction of sp³-hybridized carbons (Fsp3) is 0.308. The van der Waals surface area contributed by atoms with Crippen molar-refractivity contribution in [1.29, 1.82) is 0 Å².